The lowest BCUT2D eigenvalue weighted by molar-refractivity contribution is 0.309. The van der Waals surface area contributed by atoms with Crippen molar-refractivity contribution in [3.63, 3.8) is 0 Å². The van der Waals surface area contributed by atoms with Gasteiger partial charge in [-0.1, -0.05) is 31.5 Å². The van der Waals surface area contributed by atoms with Gasteiger partial charge in [0.05, 0.1) is 18.8 Å². The van der Waals surface area contributed by atoms with Gasteiger partial charge in [-0.2, -0.15) is 5.10 Å². The maximum atomic E-state index is 13.2. The Balaban J connectivity index is 1.40. The molecule has 7 heteroatoms. The first-order valence-corrected chi connectivity index (χ1v) is 11.9. The molecule has 0 amide bonds. The zero-order valence-electron chi connectivity index (χ0n) is 20.2. The number of aromatic nitrogens is 4. The molecule has 3 aromatic heterocycles. The van der Waals surface area contributed by atoms with Gasteiger partial charge in [-0.25, -0.2) is 9.50 Å². The molecule has 35 heavy (non-hydrogen) atoms. The zero-order chi connectivity index (χ0) is 24.4. The molecule has 0 bridgehead atoms. The van der Waals surface area contributed by atoms with E-state index in [1.165, 1.54) is 0 Å². The van der Waals surface area contributed by atoms with E-state index in [-0.39, 0.29) is 5.56 Å². The molecule has 5 aromatic rings. The van der Waals surface area contributed by atoms with Crippen molar-refractivity contribution in [2.24, 2.45) is 0 Å². The van der Waals surface area contributed by atoms with Crippen LogP contribution in [0.15, 0.2) is 76.2 Å². The summed E-state index contributed by atoms with van der Waals surface area (Å²) >= 11 is 0. The summed E-state index contributed by atoms with van der Waals surface area (Å²) < 4.78 is 14.9. The van der Waals surface area contributed by atoms with Crippen LogP contribution < -0.4 is 10.3 Å². The highest BCUT2D eigenvalue weighted by Crippen LogP contribution is 2.25. The normalized spacial score (nSPS) is 11.3. The Morgan fingerprint density at radius 3 is 2.60 bits per heavy atom. The zero-order valence-corrected chi connectivity index (χ0v) is 20.2. The first-order valence-electron chi connectivity index (χ1n) is 11.9. The van der Waals surface area contributed by atoms with Gasteiger partial charge in [0, 0.05) is 23.5 Å². The monoisotopic (exact) mass is 468 g/mol. The molecule has 0 aliphatic rings. The van der Waals surface area contributed by atoms with Crippen molar-refractivity contribution < 1.29 is 9.15 Å². The Hall–Kier alpha value is -4.13. The van der Waals surface area contributed by atoms with Crippen molar-refractivity contribution in [2.45, 2.75) is 40.2 Å². The second-order valence-corrected chi connectivity index (χ2v) is 8.65. The largest absolute Gasteiger partial charge is 0.494 e. The van der Waals surface area contributed by atoms with E-state index in [4.69, 9.17) is 9.15 Å². The van der Waals surface area contributed by atoms with Crippen LogP contribution in [-0.2, 0) is 6.54 Å². The molecule has 0 aliphatic carbocycles. The van der Waals surface area contributed by atoms with Gasteiger partial charge in [0.1, 0.15) is 22.7 Å². The van der Waals surface area contributed by atoms with Crippen LogP contribution in [0.25, 0.3) is 28.2 Å². The minimum Gasteiger partial charge on any atom is -0.494 e. The summed E-state index contributed by atoms with van der Waals surface area (Å²) in [7, 11) is 0. The molecule has 0 aliphatic heterocycles. The van der Waals surface area contributed by atoms with Gasteiger partial charge < -0.3 is 13.7 Å². The smallest absolute Gasteiger partial charge is 0.276 e. The molecule has 178 valence electrons. The van der Waals surface area contributed by atoms with Crippen molar-refractivity contribution >= 4 is 5.52 Å². The number of ether oxygens (including phenoxy) is 1. The fourth-order valence-electron chi connectivity index (χ4n) is 4.01. The van der Waals surface area contributed by atoms with E-state index < -0.39 is 0 Å². The SMILES string of the molecule is CCCCOc1ccc(-c2cc3c(=O)n(Cc4nc(-c5ccccc5C)oc4C)ccn3n2)cc1. The molecule has 2 aromatic carbocycles. The van der Waals surface area contributed by atoms with Crippen LogP contribution in [0, 0.1) is 13.8 Å². The molecule has 0 unspecified atom stereocenters. The molecule has 0 spiro atoms. The van der Waals surface area contributed by atoms with Gasteiger partial charge >= 0.3 is 0 Å². The van der Waals surface area contributed by atoms with E-state index in [2.05, 4.69) is 17.0 Å². The van der Waals surface area contributed by atoms with E-state index >= 15 is 0 Å². The summed E-state index contributed by atoms with van der Waals surface area (Å²) in [4.78, 5) is 17.9. The number of hydrogen-bond donors (Lipinski definition) is 0. The van der Waals surface area contributed by atoms with E-state index in [0.29, 0.717) is 30.3 Å². The fourth-order valence-corrected chi connectivity index (χ4v) is 4.01. The molecule has 0 atom stereocenters. The highest BCUT2D eigenvalue weighted by Gasteiger charge is 2.15. The van der Waals surface area contributed by atoms with E-state index in [1.807, 2.05) is 68.4 Å². The molecular formula is C28H28N4O3. The molecule has 0 fully saturated rings. The fraction of sp³-hybridized carbons (Fsp3) is 0.250. The van der Waals surface area contributed by atoms with Crippen molar-refractivity contribution in [2.75, 3.05) is 6.61 Å². The summed E-state index contributed by atoms with van der Waals surface area (Å²) in [5.74, 6) is 2.10. The third kappa shape index (κ3) is 4.62. The van der Waals surface area contributed by atoms with Gasteiger partial charge in [-0.15, -0.1) is 0 Å². The minimum atomic E-state index is -0.134. The summed E-state index contributed by atoms with van der Waals surface area (Å²) in [6, 6.07) is 17.6. The minimum absolute atomic E-state index is 0.134. The number of aryl methyl sites for hydroxylation is 2. The molecule has 0 saturated heterocycles. The first kappa shape index (κ1) is 22.7. The number of fused-ring (bicyclic) bond motifs is 1. The summed E-state index contributed by atoms with van der Waals surface area (Å²) in [6.07, 6.45) is 5.65. The molecule has 0 saturated carbocycles. The van der Waals surface area contributed by atoms with E-state index in [0.717, 1.165) is 46.7 Å². The van der Waals surface area contributed by atoms with Crippen LogP contribution in [-0.4, -0.2) is 25.8 Å². The molecular weight excluding hydrogens is 440 g/mol. The molecule has 5 rings (SSSR count). The lowest BCUT2D eigenvalue weighted by Gasteiger charge is -2.05. The first-order chi connectivity index (χ1) is 17.0. The quantitative estimate of drug-likeness (QED) is 0.275. The highest BCUT2D eigenvalue weighted by atomic mass is 16.5. The van der Waals surface area contributed by atoms with Gasteiger partial charge in [0.15, 0.2) is 0 Å². The van der Waals surface area contributed by atoms with Gasteiger partial charge in [0.2, 0.25) is 5.89 Å². The number of nitrogens with zero attached hydrogens (tertiary/aromatic N) is 4. The summed E-state index contributed by atoms with van der Waals surface area (Å²) in [5, 5.41) is 4.60. The number of unbranched alkanes of at least 4 members (excludes halogenated alkanes) is 1. The predicted molar refractivity (Wildman–Crippen MR) is 136 cm³/mol. The number of hydrogen-bond acceptors (Lipinski definition) is 5. The Bertz CT molecular complexity index is 1530. The van der Waals surface area contributed by atoms with Crippen LogP contribution in [0.1, 0.15) is 36.8 Å². The Labute approximate surface area is 203 Å². The average molecular weight is 469 g/mol. The third-order valence-corrected chi connectivity index (χ3v) is 6.11. The van der Waals surface area contributed by atoms with Gasteiger partial charge in [0.25, 0.3) is 5.56 Å². The number of benzene rings is 2. The lowest BCUT2D eigenvalue weighted by Crippen LogP contribution is -2.22. The topological polar surface area (TPSA) is 74.6 Å². The van der Waals surface area contributed by atoms with Crippen LogP contribution in [0.2, 0.25) is 0 Å². The van der Waals surface area contributed by atoms with Crippen molar-refractivity contribution in [3.05, 3.63) is 94.4 Å². The van der Waals surface area contributed by atoms with Crippen LogP contribution in [0.3, 0.4) is 0 Å². The lowest BCUT2D eigenvalue weighted by atomic mass is 10.1. The molecule has 0 radical (unpaired) electrons. The second kappa shape index (κ2) is 9.62. The number of rotatable bonds is 8. The van der Waals surface area contributed by atoms with Crippen molar-refractivity contribution in [1.29, 1.82) is 0 Å². The molecule has 0 N–H and O–H groups in total. The van der Waals surface area contributed by atoms with Gasteiger partial charge in [-0.05, 0) is 62.2 Å². The van der Waals surface area contributed by atoms with E-state index in [1.54, 1.807) is 21.5 Å². The second-order valence-electron chi connectivity index (χ2n) is 8.65. The van der Waals surface area contributed by atoms with Crippen LogP contribution in [0.4, 0.5) is 0 Å². The number of oxazole rings is 1. The standard InChI is InChI=1S/C28H28N4O3/c1-4-5-16-34-22-12-10-21(11-13-22)24-17-26-28(33)31(14-15-32(26)30-24)18-25-20(3)35-27(29-25)23-9-7-6-8-19(23)2/h6-15,17H,4-5,16,18H2,1-3H3. The van der Waals surface area contributed by atoms with Crippen LogP contribution in [0.5, 0.6) is 5.75 Å². The van der Waals surface area contributed by atoms with Crippen molar-refractivity contribution in [3.8, 4) is 28.5 Å². The van der Waals surface area contributed by atoms with Crippen LogP contribution >= 0.6 is 0 Å². The third-order valence-electron chi connectivity index (χ3n) is 6.11. The van der Waals surface area contributed by atoms with Gasteiger partial charge in [-0.3, -0.25) is 4.79 Å². The Kier molecular flexibility index (Phi) is 6.23. The molecule has 7 nitrogen and oxygen atoms in total. The van der Waals surface area contributed by atoms with Crippen molar-refractivity contribution in [1.82, 2.24) is 19.2 Å². The highest BCUT2D eigenvalue weighted by molar-refractivity contribution is 5.66. The average Bonchev–Trinajstić information content (AvgIpc) is 3.46. The maximum absolute atomic E-state index is 13.2. The van der Waals surface area contributed by atoms with E-state index in [9.17, 15) is 4.79 Å². The maximum Gasteiger partial charge on any atom is 0.276 e. The Morgan fingerprint density at radius 2 is 1.83 bits per heavy atom. The summed E-state index contributed by atoms with van der Waals surface area (Å²) in [5.41, 5.74) is 4.81. The summed E-state index contributed by atoms with van der Waals surface area (Å²) in [6.45, 7) is 7.07. The molecule has 3 heterocycles. The Morgan fingerprint density at radius 1 is 1.03 bits per heavy atom. The predicted octanol–water partition coefficient (Wildman–Crippen LogP) is 5.66.